The molecule has 0 atom stereocenters. The standard InChI is InChI=1S/C9H10N4O/c14-5-9-4-13(7-12-9)3-8-1-2-10-6-11-8/h1-2,4,6-7,14H,3,5H2. The molecule has 0 aliphatic carbocycles. The Labute approximate surface area is 81.1 Å². The number of imidazole rings is 1. The van der Waals surface area contributed by atoms with E-state index in [9.17, 15) is 0 Å². The molecule has 14 heavy (non-hydrogen) atoms. The van der Waals surface area contributed by atoms with Crippen molar-refractivity contribution in [1.29, 1.82) is 0 Å². The van der Waals surface area contributed by atoms with Gasteiger partial charge >= 0.3 is 0 Å². The zero-order chi connectivity index (χ0) is 9.80. The smallest absolute Gasteiger partial charge is 0.115 e. The van der Waals surface area contributed by atoms with Crippen LogP contribution < -0.4 is 0 Å². The van der Waals surface area contributed by atoms with Crippen LogP contribution in [0.3, 0.4) is 0 Å². The Hall–Kier alpha value is -1.75. The summed E-state index contributed by atoms with van der Waals surface area (Å²) in [5.74, 6) is 0. The van der Waals surface area contributed by atoms with Gasteiger partial charge in [-0.25, -0.2) is 15.0 Å². The summed E-state index contributed by atoms with van der Waals surface area (Å²) in [7, 11) is 0. The van der Waals surface area contributed by atoms with Crippen LogP contribution in [0.25, 0.3) is 0 Å². The molecule has 0 radical (unpaired) electrons. The summed E-state index contributed by atoms with van der Waals surface area (Å²) in [5.41, 5.74) is 1.58. The third kappa shape index (κ3) is 1.94. The molecule has 2 aromatic heterocycles. The molecule has 0 saturated carbocycles. The van der Waals surface area contributed by atoms with Gasteiger partial charge in [-0.05, 0) is 6.07 Å². The van der Waals surface area contributed by atoms with E-state index in [1.807, 2.05) is 10.6 Å². The predicted molar refractivity (Wildman–Crippen MR) is 49.3 cm³/mol. The van der Waals surface area contributed by atoms with Crippen LogP contribution in [-0.2, 0) is 13.2 Å². The molecule has 0 aliphatic rings. The minimum Gasteiger partial charge on any atom is -0.390 e. The van der Waals surface area contributed by atoms with E-state index in [-0.39, 0.29) is 6.61 Å². The van der Waals surface area contributed by atoms with Crippen LogP contribution >= 0.6 is 0 Å². The number of aliphatic hydroxyl groups is 1. The average Bonchev–Trinajstić information content (AvgIpc) is 2.67. The zero-order valence-electron chi connectivity index (χ0n) is 7.54. The Morgan fingerprint density at radius 3 is 2.86 bits per heavy atom. The number of hydrogen-bond acceptors (Lipinski definition) is 4. The molecule has 5 heteroatoms. The highest BCUT2D eigenvalue weighted by Gasteiger charge is 1.98. The van der Waals surface area contributed by atoms with Gasteiger partial charge in [-0.15, -0.1) is 0 Å². The molecule has 0 aliphatic heterocycles. The zero-order valence-corrected chi connectivity index (χ0v) is 7.54. The first-order chi connectivity index (χ1) is 6.88. The Bertz CT molecular complexity index is 398. The van der Waals surface area contributed by atoms with Crippen molar-refractivity contribution in [2.24, 2.45) is 0 Å². The van der Waals surface area contributed by atoms with Gasteiger partial charge in [-0.2, -0.15) is 0 Å². The van der Waals surface area contributed by atoms with Crippen molar-refractivity contribution in [2.75, 3.05) is 0 Å². The second-order valence-corrected chi connectivity index (χ2v) is 2.90. The summed E-state index contributed by atoms with van der Waals surface area (Å²) in [4.78, 5) is 11.9. The van der Waals surface area contributed by atoms with Gasteiger partial charge in [0.15, 0.2) is 0 Å². The maximum atomic E-state index is 8.82. The highest BCUT2D eigenvalue weighted by molar-refractivity contribution is 5.02. The lowest BCUT2D eigenvalue weighted by molar-refractivity contribution is 0.277. The van der Waals surface area contributed by atoms with Gasteiger partial charge in [-0.1, -0.05) is 0 Å². The summed E-state index contributed by atoms with van der Waals surface area (Å²) in [6.45, 7) is 0.617. The van der Waals surface area contributed by atoms with Crippen molar-refractivity contribution in [2.45, 2.75) is 13.2 Å². The SMILES string of the molecule is OCc1cn(Cc2ccncn2)cn1. The first-order valence-electron chi connectivity index (χ1n) is 4.25. The highest BCUT2D eigenvalue weighted by Crippen LogP contribution is 2.00. The fraction of sp³-hybridized carbons (Fsp3) is 0.222. The fourth-order valence-electron chi connectivity index (χ4n) is 1.17. The Morgan fingerprint density at radius 1 is 1.29 bits per heavy atom. The molecule has 0 amide bonds. The quantitative estimate of drug-likeness (QED) is 0.751. The number of hydrogen-bond donors (Lipinski definition) is 1. The van der Waals surface area contributed by atoms with E-state index in [0.717, 1.165) is 5.69 Å². The minimum atomic E-state index is -0.0310. The Kier molecular flexibility index (Phi) is 2.51. The van der Waals surface area contributed by atoms with E-state index in [1.165, 1.54) is 6.33 Å². The van der Waals surface area contributed by atoms with Crippen molar-refractivity contribution >= 4 is 0 Å². The van der Waals surface area contributed by atoms with Crippen molar-refractivity contribution in [1.82, 2.24) is 19.5 Å². The molecule has 2 aromatic rings. The summed E-state index contributed by atoms with van der Waals surface area (Å²) in [6.07, 6.45) is 6.68. The van der Waals surface area contributed by atoms with Gasteiger partial charge in [0.2, 0.25) is 0 Å². The molecule has 0 bridgehead atoms. The van der Waals surface area contributed by atoms with Crippen LogP contribution in [0.15, 0.2) is 31.1 Å². The van der Waals surface area contributed by atoms with Crippen LogP contribution in [-0.4, -0.2) is 24.6 Å². The summed E-state index contributed by atoms with van der Waals surface area (Å²) in [5, 5.41) is 8.82. The number of nitrogens with zero attached hydrogens (tertiary/aromatic N) is 4. The van der Waals surface area contributed by atoms with Crippen LogP contribution in [0, 0.1) is 0 Å². The first-order valence-corrected chi connectivity index (χ1v) is 4.25. The molecular formula is C9H10N4O. The average molecular weight is 190 g/mol. The second kappa shape index (κ2) is 3.97. The summed E-state index contributed by atoms with van der Waals surface area (Å²) in [6, 6.07) is 1.85. The topological polar surface area (TPSA) is 63.8 Å². The van der Waals surface area contributed by atoms with E-state index in [0.29, 0.717) is 12.2 Å². The molecule has 2 rings (SSSR count). The lowest BCUT2D eigenvalue weighted by Crippen LogP contribution is -1.98. The second-order valence-electron chi connectivity index (χ2n) is 2.90. The van der Waals surface area contributed by atoms with Crippen LogP contribution in [0.2, 0.25) is 0 Å². The fourth-order valence-corrected chi connectivity index (χ4v) is 1.17. The molecule has 0 unspecified atom stereocenters. The number of aliphatic hydroxyl groups excluding tert-OH is 1. The molecule has 0 aromatic carbocycles. The van der Waals surface area contributed by atoms with Gasteiger partial charge in [0.05, 0.1) is 30.9 Å². The van der Waals surface area contributed by atoms with E-state index < -0.39 is 0 Å². The molecule has 2 heterocycles. The summed E-state index contributed by atoms with van der Waals surface area (Å²) >= 11 is 0. The van der Waals surface area contributed by atoms with Gasteiger partial charge in [-0.3, -0.25) is 0 Å². The van der Waals surface area contributed by atoms with Crippen LogP contribution in [0.5, 0.6) is 0 Å². The van der Waals surface area contributed by atoms with E-state index in [4.69, 9.17) is 5.11 Å². The van der Waals surface area contributed by atoms with Crippen molar-refractivity contribution in [3.05, 3.63) is 42.5 Å². The maximum absolute atomic E-state index is 8.82. The Morgan fingerprint density at radius 2 is 2.21 bits per heavy atom. The normalized spacial score (nSPS) is 10.4. The largest absolute Gasteiger partial charge is 0.390 e. The number of aromatic nitrogens is 4. The molecule has 5 nitrogen and oxygen atoms in total. The number of rotatable bonds is 3. The minimum absolute atomic E-state index is 0.0310. The third-order valence-corrected chi connectivity index (χ3v) is 1.84. The van der Waals surface area contributed by atoms with E-state index in [2.05, 4.69) is 15.0 Å². The van der Waals surface area contributed by atoms with E-state index in [1.54, 1.807) is 18.7 Å². The molecule has 0 spiro atoms. The van der Waals surface area contributed by atoms with Crippen LogP contribution in [0.4, 0.5) is 0 Å². The molecule has 0 saturated heterocycles. The van der Waals surface area contributed by atoms with Crippen LogP contribution in [0.1, 0.15) is 11.4 Å². The van der Waals surface area contributed by atoms with Crippen molar-refractivity contribution < 1.29 is 5.11 Å². The first kappa shape index (κ1) is 8.83. The lowest BCUT2D eigenvalue weighted by atomic mass is 10.4. The van der Waals surface area contributed by atoms with Gasteiger partial charge in [0, 0.05) is 12.4 Å². The van der Waals surface area contributed by atoms with Gasteiger partial charge in [0.1, 0.15) is 6.33 Å². The molecule has 72 valence electrons. The molecular weight excluding hydrogens is 180 g/mol. The van der Waals surface area contributed by atoms with Gasteiger partial charge in [0.25, 0.3) is 0 Å². The maximum Gasteiger partial charge on any atom is 0.115 e. The lowest BCUT2D eigenvalue weighted by Gasteiger charge is -1.99. The molecule has 0 fully saturated rings. The van der Waals surface area contributed by atoms with Crippen molar-refractivity contribution in [3.8, 4) is 0 Å². The van der Waals surface area contributed by atoms with Gasteiger partial charge < -0.3 is 9.67 Å². The Balaban J connectivity index is 2.11. The van der Waals surface area contributed by atoms with E-state index >= 15 is 0 Å². The monoisotopic (exact) mass is 190 g/mol. The molecule has 1 N–H and O–H groups in total. The third-order valence-electron chi connectivity index (χ3n) is 1.84. The highest BCUT2D eigenvalue weighted by atomic mass is 16.3. The summed E-state index contributed by atoms with van der Waals surface area (Å²) < 4.78 is 1.87. The predicted octanol–water partition coefficient (Wildman–Crippen LogP) is 0.214. The van der Waals surface area contributed by atoms with Crippen molar-refractivity contribution in [3.63, 3.8) is 0 Å².